The number of anilines is 1. The van der Waals surface area contributed by atoms with Crippen molar-refractivity contribution in [3.63, 3.8) is 0 Å². The van der Waals surface area contributed by atoms with Crippen LogP contribution in [0.2, 0.25) is 0 Å². The quantitative estimate of drug-likeness (QED) is 0.375. The summed E-state index contributed by atoms with van der Waals surface area (Å²) in [4.78, 5) is 6.94. The van der Waals surface area contributed by atoms with Crippen LogP contribution in [0.1, 0.15) is 32.6 Å². The number of rotatable bonds is 9. The van der Waals surface area contributed by atoms with Gasteiger partial charge in [0.25, 0.3) is 0 Å². The van der Waals surface area contributed by atoms with Crippen molar-refractivity contribution in [1.82, 2.24) is 10.6 Å². The van der Waals surface area contributed by atoms with Gasteiger partial charge in [-0.25, -0.2) is 4.39 Å². The molecule has 2 fully saturated rings. The highest BCUT2D eigenvalue weighted by Crippen LogP contribution is 2.20. The second-order valence-corrected chi connectivity index (χ2v) is 7.83. The van der Waals surface area contributed by atoms with Gasteiger partial charge in [-0.3, -0.25) is 4.99 Å². The first-order valence-corrected chi connectivity index (χ1v) is 11.0. The van der Waals surface area contributed by atoms with Crippen LogP contribution in [0.4, 0.5) is 10.1 Å². The minimum atomic E-state index is -0.185. The molecule has 0 amide bonds. The lowest BCUT2D eigenvalue weighted by Crippen LogP contribution is -2.51. The number of benzene rings is 1. The molecule has 29 heavy (non-hydrogen) atoms. The number of guanidine groups is 1. The summed E-state index contributed by atoms with van der Waals surface area (Å²) in [7, 11) is 0. The summed E-state index contributed by atoms with van der Waals surface area (Å²) in [5.41, 5.74) is 0.947. The summed E-state index contributed by atoms with van der Waals surface area (Å²) >= 11 is 0. The van der Waals surface area contributed by atoms with E-state index >= 15 is 0 Å². The Hall–Kier alpha value is -1.86. The molecule has 162 valence electrons. The van der Waals surface area contributed by atoms with Crippen LogP contribution in [0.5, 0.6) is 0 Å². The van der Waals surface area contributed by atoms with Crippen molar-refractivity contribution in [3.8, 4) is 0 Å². The Bertz CT molecular complexity index is 637. The van der Waals surface area contributed by atoms with Gasteiger partial charge in [-0.2, -0.15) is 0 Å². The number of halogens is 1. The maximum atomic E-state index is 13.6. The minimum absolute atomic E-state index is 0.185. The van der Waals surface area contributed by atoms with E-state index in [-0.39, 0.29) is 5.82 Å². The second kappa shape index (κ2) is 12.0. The first kappa shape index (κ1) is 21.8. The zero-order valence-corrected chi connectivity index (χ0v) is 17.5. The summed E-state index contributed by atoms with van der Waals surface area (Å²) in [6.45, 7) is 8.66. The lowest BCUT2D eigenvalue weighted by Gasteiger charge is -2.35. The number of piperidine rings is 1. The van der Waals surface area contributed by atoms with Gasteiger partial charge in [-0.1, -0.05) is 6.07 Å². The van der Waals surface area contributed by atoms with Gasteiger partial charge in [0, 0.05) is 57.0 Å². The van der Waals surface area contributed by atoms with E-state index in [9.17, 15) is 4.39 Å². The molecule has 0 bridgehead atoms. The molecular weight excluding hydrogens is 371 g/mol. The number of ether oxygens (including phenoxy) is 2. The Kier molecular flexibility index (Phi) is 9.02. The van der Waals surface area contributed by atoms with Gasteiger partial charge < -0.3 is 25.0 Å². The number of hydrogen-bond donors (Lipinski definition) is 2. The average Bonchev–Trinajstić information content (AvgIpc) is 3.24. The predicted octanol–water partition coefficient (Wildman–Crippen LogP) is 2.79. The summed E-state index contributed by atoms with van der Waals surface area (Å²) < 4.78 is 24.7. The highest BCUT2D eigenvalue weighted by Gasteiger charge is 2.21. The van der Waals surface area contributed by atoms with Crippen LogP contribution in [-0.4, -0.2) is 64.6 Å². The Morgan fingerprint density at radius 2 is 2.31 bits per heavy atom. The van der Waals surface area contributed by atoms with E-state index in [1.807, 2.05) is 6.07 Å². The van der Waals surface area contributed by atoms with E-state index < -0.39 is 0 Å². The molecule has 2 heterocycles. The molecule has 0 aromatic heterocycles. The van der Waals surface area contributed by atoms with Crippen molar-refractivity contribution in [1.29, 1.82) is 0 Å². The standard InChI is InChI=1S/C22H35FN4O2/c1-2-24-22(25-10-5-12-28-16-18-9-13-29-17-18)26-20-7-4-11-27(15-20)21-8-3-6-19(23)14-21/h3,6,8,14,18,20H,2,4-5,7,9-13,15-17H2,1H3,(H2,24,25,26). The number of nitrogens with zero attached hydrogens (tertiary/aromatic N) is 2. The van der Waals surface area contributed by atoms with Gasteiger partial charge in [0.2, 0.25) is 0 Å². The van der Waals surface area contributed by atoms with Crippen molar-refractivity contribution in [3.05, 3.63) is 30.1 Å². The molecule has 3 rings (SSSR count). The Labute approximate surface area is 173 Å². The monoisotopic (exact) mass is 406 g/mol. The third-order valence-corrected chi connectivity index (χ3v) is 5.37. The fourth-order valence-corrected chi connectivity index (χ4v) is 3.84. The third-order valence-electron chi connectivity index (χ3n) is 5.37. The van der Waals surface area contributed by atoms with Gasteiger partial charge in [0.05, 0.1) is 13.2 Å². The summed E-state index contributed by atoms with van der Waals surface area (Å²) in [6.07, 6.45) is 4.18. The summed E-state index contributed by atoms with van der Waals surface area (Å²) in [5.74, 6) is 1.22. The van der Waals surface area contributed by atoms with Crippen LogP contribution >= 0.6 is 0 Å². The van der Waals surface area contributed by atoms with Gasteiger partial charge in [-0.05, 0) is 50.8 Å². The van der Waals surface area contributed by atoms with Gasteiger partial charge in [0.15, 0.2) is 5.96 Å². The molecule has 0 spiro atoms. The van der Waals surface area contributed by atoms with Gasteiger partial charge in [-0.15, -0.1) is 0 Å². The molecule has 2 aliphatic heterocycles. The minimum Gasteiger partial charge on any atom is -0.381 e. The highest BCUT2D eigenvalue weighted by atomic mass is 19.1. The fraction of sp³-hybridized carbons (Fsp3) is 0.682. The third kappa shape index (κ3) is 7.48. The first-order chi connectivity index (χ1) is 14.2. The van der Waals surface area contributed by atoms with Crippen LogP contribution in [0, 0.1) is 11.7 Å². The molecule has 6 nitrogen and oxygen atoms in total. The van der Waals surface area contributed by atoms with E-state index in [2.05, 4.69) is 22.5 Å². The van der Waals surface area contributed by atoms with E-state index in [4.69, 9.17) is 14.5 Å². The molecule has 1 aromatic rings. The van der Waals surface area contributed by atoms with Crippen molar-refractivity contribution in [2.24, 2.45) is 10.9 Å². The molecule has 2 N–H and O–H groups in total. The molecule has 2 aliphatic rings. The predicted molar refractivity (Wildman–Crippen MR) is 115 cm³/mol. The largest absolute Gasteiger partial charge is 0.381 e. The smallest absolute Gasteiger partial charge is 0.191 e. The SMILES string of the molecule is CCNC(=NCCCOCC1CCOC1)NC1CCCN(c2cccc(F)c2)C1. The molecule has 2 unspecified atom stereocenters. The molecular formula is C22H35FN4O2. The lowest BCUT2D eigenvalue weighted by molar-refractivity contribution is 0.0893. The molecule has 2 saturated heterocycles. The van der Waals surface area contributed by atoms with E-state index in [1.54, 1.807) is 12.1 Å². The van der Waals surface area contributed by atoms with Crippen LogP contribution in [0.3, 0.4) is 0 Å². The van der Waals surface area contributed by atoms with E-state index in [0.717, 1.165) is 89.9 Å². The van der Waals surface area contributed by atoms with Crippen molar-refractivity contribution in [2.45, 2.75) is 38.6 Å². The van der Waals surface area contributed by atoms with Crippen LogP contribution in [-0.2, 0) is 9.47 Å². The van der Waals surface area contributed by atoms with Crippen molar-refractivity contribution < 1.29 is 13.9 Å². The average molecular weight is 407 g/mol. The molecule has 1 aromatic carbocycles. The Morgan fingerprint density at radius 3 is 3.10 bits per heavy atom. The van der Waals surface area contributed by atoms with Crippen LogP contribution in [0.15, 0.2) is 29.3 Å². The summed E-state index contributed by atoms with van der Waals surface area (Å²) in [5, 5.41) is 6.89. The first-order valence-electron chi connectivity index (χ1n) is 11.0. The highest BCUT2D eigenvalue weighted by molar-refractivity contribution is 5.80. The van der Waals surface area contributed by atoms with Gasteiger partial charge >= 0.3 is 0 Å². The molecule has 7 heteroatoms. The lowest BCUT2D eigenvalue weighted by atomic mass is 10.0. The summed E-state index contributed by atoms with van der Waals surface area (Å²) in [6, 6.07) is 7.14. The normalized spacial score (nSPS) is 22.7. The zero-order chi connectivity index (χ0) is 20.3. The molecule has 0 aliphatic carbocycles. The molecule has 0 saturated carbocycles. The van der Waals surface area contributed by atoms with Crippen LogP contribution in [0.25, 0.3) is 0 Å². The van der Waals surface area contributed by atoms with Crippen molar-refractivity contribution >= 4 is 11.6 Å². The molecule has 0 radical (unpaired) electrons. The fourth-order valence-electron chi connectivity index (χ4n) is 3.84. The Morgan fingerprint density at radius 1 is 1.38 bits per heavy atom. The Balaban J connectivity index is 1.41. The maximum absolute atomic E-state index is 13.6. The topological polar surface area (TPSA) is 58.1 Å². The zero-order valence-electron chi connectivity index (χ0n) is 17.5. The number of nitrogens with one attached hydrogen (secondary N) is 2. The molecule has 2 atom stereocenters. The number of hydrogen-bond acceptors (Lipinski definition) is 4. The maximum Gasteiger partial charge on any atom is 0.191 e. The van der Waals surface area contributed by atoms with Crippen molar-refractivity contribution in [2.75, 3.05) is 57.5 Å². The van der Waals surface area contributed by atoms with Gasteiger partial charge in [0.1, 0.15) is 5.82 Å². The van der Waals surface area contributed by atoms with E-state index in [0.29, 0.717) is 12.0 Å². The van der Waals surface area contributed by atoms with E-state index in [1.165, 1.54) is 6.07 Å². The number of aliphatic imine (C=N–C) groups is 1. The second-order valence-electron chi connectivity index (χ2n) is 7.83. The van der Waals surface area contributed by atoms with Crippen LogP contribution < -0.4 is 15.5 Å².